The zero-order valence-corrected chi connectivity index (χ0v) is 25.3. The number of phenols is 1. The molecule has 0 spiro atoms. The molecule has 8 heteroatoms. The molecule has 2 N–H and O–H groups in total. The maximum atomic E-state index is 13.9. The van der Waals surface area contributed by atoms with Gasteiger partial charge in [-0.15, -0.1) is 0 Å². The lowest BCUT2D eigenvalue weighted by Crippen LogP contribution is -2.41. The molecular formula is C36H38N4O4. The first-order chi connectivity index (χ1) is 21.5. The van der Waals surface area contributed by atoms with Crippen LogP contribution in [0.25, 0.3) is 22.2 Å². The summed E-state index contributed by atoms with van der Waals surface area (Å²) < 4.78 is 14.1. The minimum absolute atomic E-state index is 0.164. The van der Waals surface area contributed by atoms with Gasteiger partial charge in [0, 0.05) is 33.8 Å². The highest BCUT2D eigenvalue weighted by Crippen LogP contribution is 2.47. The van der Waals surface area contributed by atoms with Gasteiger partial charge in [0.1, 0.15) is 29.7 Å². The van der Waals surface area contributed by atoms with Gasteiger partial charge < -0.3 is 24.5 Å². The van der Waals surface area contributed by atoms with Crippen molar-refractivity contribution in [3.8, 4) is 28.5 Å². The summed E-state index contributed by atoms with van der Waals surface area (Å²) in [6.07, 6.45) is 6.61. The first kappa shape index (κ1) is 28.2. The van der Waals surface area contributed by atoms with E-state index in [4.69, 9.17) is 9.47 Å². The normalized spacial score (nSPS) is 17.1. The summed E-state index contributed by atoms with van der Waals surface area (Å²) >= 11 is 0. The van der Waals surface area contributed by atoms with Crippen LogP contribution in [0.3, 0.4) is 0 Å². The summed E-state index contributed by atoms with van der Waals surface area (Å²) in [4.78, 5) is 23.1. The molecule has 0 saturated heterocycles. The molecule has 3 aliphatic rings. The molecule has 3 heterocycles. The molecular weight excluding hydrogens is 552 g/mol. The third kappa shape index (κ3) is 5.34. The molecule has 44 heavy (non-hydrogen) atoms. The number of aromatic hydroxyl groups is 1. The number of aliphatic imine (C=N–C) groups is 2. The number of nitrogens with zero attached hydrogens (tertiary/aromatic N) is 3. The van der Waals surface area contributed by atoms with Gasteiger partial charge >= 0.3 is 0 Å². The number of hydrogen-bond acceptors (Lipinski definition) is 6. The van der Waals surface area contributed by atoms with Crippen molar-refractivity contribution in [1.82, 2.24) is 9.88 Å². The molecule has 1 fully saturated rings. The number of nitrogens with one attached hydrogen (secondary N) is 1. The molecule has 2 aliphatic heterocycles. The van der Waals surface area contributed by atoms with Crippen LogP contribution in [0.5, 0.6) is 17.2 Å². The summed E-state index contributed by atoms with van der Waals surface area (Å²) in [5, 5.41) is 14.2. The number of fused-ring (bicyclic) bond motifs is 5. The van der Waals surface area contributed by atoms with Gasteiger partial charge in [-0.25, -0.2) is 4.99 Å². The number of amides is 1. The molecule has 1 amide bonds. The Bertz CT molecular complexity index is 1780. The van der Waals surface area contributed by atoms with Gasteiger partial charge in [0.15, 0.2) is 0 Å². The van der Waals surface area contributed by atoms with Crippen molar-refractivity contribution in [3.05, 3.63) is 77.4 Å². The topological polar surface area (TPSA) is 97.4 Å². The third-order valence-electron chi connectivity index (χ3n) is 9.16. The van der Waals surface area contributed by atoms with E-state index in [0.717, 1.165) is 33.9 Å². The fourth-order valence-corrected chi connectivity index (χ4v) is 7.00. The summed E-state index contributed by atoms with van der Waals surface area (Å²) in [5.41, 5.74) is 7.22. The Morgan fingerprint density at radius 2 is 1.91 bits per heavy atom. The van der Waals surface area contributed by atoms with E-state index in [-0.39, 0.29) is 11.7 Å². The van der Waals surface area contributed by atoms with Crippen LogP contribution >= 0.6 is 0 Å². The lowest BCUT2D eigenvalue weighted by atomic mass is 9.81. The van der Waals surface area contributed by atoms with Crippen LogP contribution in [0.2, 0.25) is 0 Å². The Labute approximate surface area is 257 Å². The summed E-state index contributed by atoms with van der Waals surface area (Å²) in [6.45, 7) is 3.71. The van der Waals surface area contributed by atoms with Crippen molar-refractivity contribution in [3.63, 3.8) is 0 Å². The van der Waals surface area contributed by atoms with Crippen molar-refractivity contribution in [2.75, 3.05) is 20.3 Å². The first-order valence-electron chi connectivity index (χ1n) is 15.6. The van der Waals surface area contributed by atoms with E-state index < -0.39 is 6.04 Å². The number of benzene rings is 3. The Morgan fingerprint density at radius 1 is 1.09 bits per heavy atom. The SMILES string of the molecule is COc1ccc2c(c1)OCCn1c-2c(C2CCCCC2)c2ccc(C(=O)N[C@@H](Cc3ccc(O)cc3)C3=NCC(C)=N3)cc21. The standard InChI is InChI=1S/C36H38N4O4/c1-22-21-37-35(38-22)30(18-23-8-11-26(41)12-9-23)39-36(42)25-10-14-28-31(19-25)40-16-17-44-32-20-27(43-2)13-15-29(32)34(40)33(28)24-6-4-3-5-7-24/h8-15,19-20,24,30,41H,3-7,16-18,21H2,1-2H3,(H,39,42)/t30-/m0/s1. The minimum atomic E-state index is -0.391. The van der Waals surface area contributed by atoms with Gasteiger partial charge in [0.2, 0.25) is 0 Å². The molecule has 0 bridgehead atoms. The quantitative estimate of drug-likeness (QED) is 0.251. The number of ether oxygens (including phenoxy) is 2. The van der Waals surface area contributed by atoms with Crippen LogP contribution in [0.1, 0.15) is 66.4 Å². The van der Waals surface area contributed by atoms with E-state index in [9.17, 15) is 9.90 Å². The van der Waals surface area contributed by atoms with Crippen LogP contribution in [-0.4, -0.2) is 53.4 Å². The predicted octanol–water partition coefficient (Wildman–Crippen LogP) is 6.68. The van der Waals surface area contributed by atoms with Gasteiger partial charge in [-0.2, -0.15) is 0 Å². The van der Waals surface area contributed by atoms with Crippen LogP contribution in [0.15, 0.2) is 70.6 Å². The van der Waals surface area contributed by atoms with E-state index >= 15 is 0 Å². The van der Waals surface area contributed by atoms with E-state index in [1.54, 1.807) is 19.2 Å². The molecule has 3 aromatic carbocycles. The molecule has 0 unspecified atom stereocenters. The molecule has 226 valence electrons. The maximum Gasteiger partial charge on any atom is 0.251 e. The van der Waals surface area contributed by atoms with Crippen LogP contribution in [0.4, 0.5) is 0 Å². The Balaban J connectivity index is 1.28. The average molecular weight is 591 g/mol. The molecule has 1 aliphatic carbocycles. The zero-order valence-electron chi connectivity index (χ0n) is 25.3. The number of methoxy groups -OCH3 is 1. The van der Waals surface area contributed by atoms with E-state index in [1.165, 1.54) is 48.7 Å². The monoisotopic (exact) mass is 590 g/mol. The fraction of sp³-hybridized carbons (Fsp3) is 0.361. The number of aromatic nitrogens is 1. The van der Waals surface area contributed by atoms with Crippen LogP contribution < -0.4 is 14.8 Å². The van der Waals surface area contributed by atoms with Crippen molar-refractivity contribution < 1.29 is 19.4 Å². The zero-order chi connectivity index (χ0) is 30.2. The van der Waals surface area contributed by atoms with Gasteiger partial charge in [-0.3, -0.25) is 9.79 Å². The Morgan fingerprint density at radius 3 is 2.66 bits per heavy atom. The Kier molecular flexibility index (Phi) is 7.58. The highest BCUT2D eigenvalue weighted by atomic mass is 16.5. The second kappa shape index (κ2) is 11.8. The number of carbonyl (C=O) groups is 1. The Hall–Kier alpha value is -4.59. The van der Waals surface area contributed by atoms with Gasteiger partial charge in [0.25, 0.3) is 5.91 Å². The molecule has 1 saturated carbocycles. The summed E-state index contributed by atoms with van der Waals surface area (Å²) in [7, 11) is 1.68. The summed E-state index contributed by atoms with van der Waals surface area (Å²) in [6, 6.07) is 18.9. The lowest BCUT2D eigenvalue weighted by Gasteiger charge is -2.23. The molecule has 7 rings (SSSR count). The molecule has 1 aromatic heterocycles. The number of phenolic OH excluding ortho intramolecular Hbond substituents is 1. The van der Waals surface area contributed by atoms with Crippen molar-refractivity contribution in [2.45, 2.75) is 64.0 Å². The molecule has 1 atom stereocenters. The van der Waals surface area contributed by atoms with E-state index in [2.05, 4.69) is 32.0 Å². The minimum Gasteiger partial charge on any atom is -0.508 e. The van der Waals surface area contributed by atoms with Crippen molar-refractivity contribution >= 4 is 28.4 Å². The van der Waals surface area contributed by atoms with Crippen molar-refractivity contribution in [1.29, 1.82) is 0 Å². The van der Waals surface area contributed by atoms with Crippen LogP contribution in [-0.2, 0) is 13.0 Å². The smallest absolute Gasteiger partial charge is 0.251 e. The largest absolute Gasteiger partial charge is 0.508 e. The highest BCUT2D eigenvalue weighted by molar-refractivity contribution is 6.08. The van der Waals surface area contributed by atoms with Gasteiger partial charge in [-0.1, -0.05) is 37.5 Å². The second-order valence-electron chi connectivity index (χ2n) is 12.1. The summed E-state index contributed by atoms with van der Waals surface area (Å²) in [5.74, 6) is 2.76. The average Bonchev–Trinajstić information content (AvgIpc) is 3.57. The number of hydrogen-bond donors (Lipinski definition) is 2. The number of rotatable bonds is 7. The van der Waals surface area contributed by atoms with Gasteiger partial charge in [-0.05, 0) is 79.6 Å². The number of carbonyl (C=O) groups excluding carboxylic acids is 1. The second-order valence-corrected chi connectivity index (χ2v) is 12.1. The van der Waals surface area contributed by atoms with Crippen molar-refractivity contribution in [2.24, 2.45) is 9.98 Å². The highest BCUT2D eigenvalue weighted by Gasteiger charge is 2.30. The van der Waals surface area contributed by atoms with Gasteiger partial charge in [0.05, 0.1) is 31.9 Å². The van der Waals surface area contributed by atoms with E-state index in [1.807, 2.05) is 43.3 Å². The lowest BCUT2D eigenvalue weighted by molar-refractivity contribution is 0.0947. The van der Waals surface area contributed by atoms with E-state index in [0.29, 0.717) is 43.4 Å². The molecule has 4 aromatic rings. The fourth-order valence-electron chi connectivity index (χ4n) is 7.00. The molecule has 8 nitrogen and oxygen atoms in total. The predicted molar refractivity (Wildman–Crippen MR) is 174 cm³/mol. The van der Waals surface area contributed by atoms with Crippen LogP contribution in [0, 0.1) is 0 Å². The first-order valence-corrected chi connectivity index (χ1v) is 15.6. The molecule has 0 radical (unpaired) electrons. The number of amidine groups is 1. The maximum absolute atomic E-state index is 13.9. The third-order valence-corrected chi connectivity index (χ3v) is 9.16.